The summed E-state index contributed by atoms with van der Waals surface area (Å²) < 4.78 is 0. The minimum atomic E-state index is -0.111. The number of rotatable bonds is 2. The van der Waals surface area contributed by atoms with Crippen LogP contribution in [0.1, 0.15) is 30.5 Å². The molecule has 0 saturated carbocycles. The standard InChI is InChI=1S/C15H22N2OS/c1-9-6-10(2)13(11(3)7-9)16-14(18)12-8-19-15(4,5)17-12/h6-7,12,17H,8H2,1-5H3,(H,16,18)/t12-/m1/s1. The molecule has 1 aromatic rings. The Morgan fingerprint density at radius 3 is 2.37 bits per heavy atom. The number of amides is 1. The van der Waals surface area contributed by atoms with Gasteiger partial charge >= 0.3 is 0 Å². The van der Waals surface area contributed by atoms with E-state index in [0.29, 0.717) is 0 Å². The second-order valence-corrected chi connectivity index (χ2v) is 7.42. The van der Waals surface area contributed by atoms with Gasteiger partial charge in [0.15, 0.2) is 0 Å². The zero-order chi connectivity index (χ0) is 14.2. The fourth-order valence-corrected chi connectivity index (χ4v) is 3.57. The van der Waals surface area contributed by atoms with Crippen LogP contribution in [-0.2, 0) is 4.79 Å². The molecule has 0 unspecified atom stereocenters. The van der Waals surface area contributed by atoms with Crippen LogP contribution < -0.4 is 10.6 Å². The van der Waals surface area contributed by atoms with Gasteiger partial charge < -0.3 is 5.32 Å². The molecule has 1 amide bonds. The molecule has 19 heavy (non-hydrogen) atoms. The first kappa shape index (κ1) is 14.4. The topological polar surface area (TPSA) is 41.1 Å². The third-order valence-electron chi connectivity index (χ3n) is 3.37. The van der Waals surface area contributed by atoms with Gasteiger partial charge in [-0.2, -0.15) is 0 Å². The lowest BCUT2D eigenvalue weighted by Crippen LogP contribution is -2.44. The van der Waals surface area contributed by atoms with Gasteiger partial charge in [0.25, 0.3) is 0 Å². The van der Waals surface area contributed by atoms with E-state index in [1.54, 1.807) is 11.8 Å². The minimum absolute atomic E-state index is 0.0145. The van der Waals surface area contributed by atoms with Gasteiger partial charge in [-0.25, -0.2) is 0 Å². The molecule has 104 valence electrons. The first-order valence-corrected chi connectivity index (χ1v) is 7.57. The Balaban J connectivity index is 2.12. The van der Waals surface area contributed by atoms with Crippen LogP contribution in [0.15, 0.2) is 12.1 Å². The fraction of sp³-hybridized carbons (Fsp3) is 0.533. The van der Waals surface area contributed by atoms with E-state index in [4.69, 9.17) is 0 Å². The van der Waals surface area contributed by atoms with Crippen molar-refractivity contribution in [3.05, 3.63) is 28.8 Å². The van der Waals surface area contributed by atoms with Crippen molar-refractivity contribution in [2.75, 3.05) is 11.1 Å². The summed E-state index contributed by atoms with van der Waals surface area (Å²) in [7, 11) is 0. The maximum atomic E-state index is 12.3. The third kappa shape index (κ3) is 3.31. The molecule has 1 aliphatic heterocycles. The molecular weight excluding hydrogens is 256 g/mol. The van der Waals surface area contributed by atoms with Crippen molar-refractivity contribution in [1.82, 2.24) is 5.32 Å². The highest BCUT2D eigenvalue weighted by molar-refractivity contribution is 8.00. The molecule has 0 aromatic heterocycles. The van der Waals surface area contributed by atoms with E-state index < -0.39 is 0 Å². The van der Waals surface area contributed by atoms with E-state index in [1.807, 2.05) is 13.8 Å². The van der Waals surface area contributed by atoms with Gasteiger partial charge in [-0.05, 0) is 45.7 Å². The molecule has 0 spiro atoms. The minimum Gasteiger partial charge on any atom is -0.324 e. The van der Waals surface area contributed by atoms with Gasteiger partial charge in [-0.15, -0.1) is 11.8 Å². The smallest absolute Gasteiger partial charge is 0.242 e. The Morgan fingerprint density at radius 1 is 1.32 bits per heavy atom. The molecule has 3 nitrogen and oxygen atoms in total. The van der Waals surface area contributed by atoms with Gasteiger partial charge in [0.05, 0.1) is 10.9 Å². The number of hydrogen-bond donors (Lipinski definition) is 2. The summed E-state index contributed by atoms with van der Waals surface area (Å²) in [6, 6.07) is 4.09. The molecule has 2 rings (SSSR count). The van der Waals surface area contributed by atoms with Crippen LogP contribution in [0.3, 0.4) is 0 Å². The summed E-state index contributed by atoms with van der Waals surface area (Å²) in [5.41, 5.74) is 4.42. The number of anilines is 1. The van der Waals surface area contributed by atoms with Crippen molar-refractivity contribution in [1.29, 1.82) is 0 Å². The largest absolute Gasteiger partial charge is 0.324 e. The molecule has 0 radical (unpaired) electrons. The van der Waals surface area contributed by atoms with Crippen molar-refractivity contribution in [3.8, 4) is 0 Å². The highest BCUT2D eigenvalue weighted by Gasteiger charge is 2.34. The zero-order valence-corrected chi connectivity index (χ0v) is 13.1. The Hall–Kier alpha value is -1.00. The average molecular weight is 278 g/mol. The van der Waals surface area contributed by atoms with Crippen molar-refractivity contribution in [2.24, 2.45) is 0 Å². The first-order chi connectivity index (χ1) is 8.78. The van der Waals surface area contributed by atoms with Gasteiger partial charge in [0, 0.05) is 11.4 Å². The molecule has 0 bridgehead atoms. The van der Waals surface area contributed by atoms with Crippen molar-refractivity contribution >= 4 is 23.4 Å². The molecule has 1 saturated heterocycles. The maximum Gasteiger partial charge on any atom is 0.242 e. The number of thioether (sulfide) groups is 1. The van der Waals surface area contributed by atoms with E-state index in [1.165, 1.54) is 5.56 Å². The maximum absolute atomic E-state index is 12.3. The summed E-state index contributed by atoms with van der Waals surface area (Å²) in [4.78, 5) is 12.3. The SMILES string of the molecule is Cc1cc(C)c(NC(=O)[C@H]2CSC(C)(C)N2)c(C)c1. The molecule has 4 heteroatoms. The molecule has 1 aromatic carbocycles. The summed E-state index contributed by atoms with van der Waals surface area (Å²) in [5.74, 6) is 0.885. The molecule has 1 aliphatic rings. The van der Waals surface area contributed by atoms with Crippen molar-refractivity contribution in [2.45, 2.75) is 45.5 Å². The summed E-state index contributed by atoms with van der Waals surface area (Å²) in [5, 5.41) is 6.42. The second kappa shape index (κ2) is 5.17. The van der Waals surface area contributed by atoms with Crippen LogP contribution in [0, 0.1) is 20.8 Å². The van der Waals surface area contributed by atoms with E-state index >= 15 is 0 Å². The average Bonchev–Trinajstić information content (AvgIpc) is 2.64. The van der Waals surface area contributed by atoms with Crippen LogP contribution in [0.25, 0.3) is 0 Å². The number of benzene rings is 1. The van der Waals surface area contributed by atoms with Crippen LogP contribution in [-0.4, -0.2) is 22.6 Å². The van der Waals surface area contributed by atoms with Crippen molar-refractivity contribution in [3.63, 3.8) is 0 Å². The zero-order valence-electron chi connectivity index (χ0n) is 12.3. The predicted octanol–water partition coefficient (Wildman–Crippen LogP) is 2.99. The van der Waals surface area contributed by atoms with Gasteiger partial charge in [-0.3, -0.25) is 10.1 Å². The molecule has 1 atom stereocenters. The third-order valence-corrected chi connectivity index (χ3v) is 4.71. The predicted molar refractivity (Wildman–Crippen MR) is 82.7 cm³/mol. The molecule has 1 heterocycles. The van der Waals surface area contributed by atoms with E-state index in [0.717, 1.165) is 22.6 Å². The normalized spacial score (nSPS) is 21.4. The molecular formula is C15H22N2OS. The Bertz CT molecular complexity index is 488. The summed E-state index contributed by atoms with van der Waals surface area (Å²) in [6.45, 7) is 10.4. The highest BCUT2D eigenvalue weighted by Crippen LogP contribution is 2.30. The van der Waals surface area contributed by atoms with E-state index in [2.05, 4.69) is 43.5 Å². The lowest BCUT2D eigenvalue weighted by atomic mass is 10.0. The van der Waals surface area contributed by atoms with Crippen LogP contribution >= 0.6 is 11.8 Å². The lowest BCUT2D eigenvalue weighted by Gasteiger charge is -2.19. The summed E-state index contributed by atoms with van der Waals surface area (Å²) >= 11 is 1.79. The number of hydrogen-bond acceptors (Lipinski definition) is 3. The number of aryl methyl sites for hydroxylation is 3. The fourth-order valence-electron chi connectivity index (χ4n) is 2.52. The highest BCUT2D eigenvalue weighted by atomic mass is 32.2. The number of carbonyl (C=O) groups is 1. The van der Waals surface area contributed by atoms with Gasteiger partial charge in [-0.1, -0.05) is 17.7 Å². The summed E-state index contributed by atoms with van der Waals surface area (Å²) in [6.07, 6.45) is 0. The van der Waals surface area contributed by atoms with Crippen LogP contribution in [0.2, 0.25) is 0 Å². The van der Waals surface area contributed by atoms with Crippen LogP contribution in [0.5, 0.6) is 0 Å². The van der Waals surface area contributed by atoms with E-state index in [9.17, 15) is 4.79 Å². The first-order valence-electron chi connectivity index (χ1n) is 6.59. The number of nitrogens with one attached hydrogen (secondary N) is 2. The monoisotopic (exact) mass is 278 g/mol. The van der Waals surface area contributed by atoms with E-state index in [-0.39, 0.29) is 16.8 Å². The Kier molecular flexibility index (Phi) is 3.92. The molecule has 1 fully saturated rings. The van der Waals surface area contributed by atoms with Gasteiger partial charge in [0.1, 0.15) is 0 Å². The van der Waals surface area contributed by atoms with Crippen molar-refractivity contribution < 1.29 is 4.79 Å². The lowest BCUT2D eigenvalue weighted by molar-refractivity contribution is -0.117. The second-order valence-electron chi connectivity index (χ2n) is 5.78. The quantitative estimate of drug-likeness (QED) is 0.874. The Morgan fingerprint density at radius 2 is 1.89 bits per heavy atom. The molecule has 0 aliphatic carbocycles. The van der Waals surface area contributed by atoms with Crippen LogP contribution in [0.4, 0.5) is 5.69 Å². The number of carbonyl (C=O) groups excluding carboxylic acids is 1. The Labute approximate surface area is 119 Å². The molecule has 2 N–H and O–H groups in total. The van der Waals surface area contributed by atoms with Gasteiger partial charge in [0.2, 0.25) is 5.91 Å².